The molecule has 0 N–H and O–H groups in total. The molecule has 1 aliphatic carbocycles. The van der Waals surface area contributed by atoms with Gasteiger partial charge >= 0.3 is 0 Å². The number of benzene rings is 7. The summed E-state index contributed by atoms with van der Waals surface area (Å²) in [5.41, 5.74) is 13.7. The molecule has 0 aliphatic heterocycles. The number of hydrogen-bond donors (Lipinski definition) is 0. The van der Waals surface area contributed by atoms with Crippen LogP contribution in [0.5, 0.6) is 0 Å². The van der Waals surface area contributed by atoms with Crippen LogP contribution in [0.3, 0.4) is 0 Å². The van der Waals surface area contributed by atoms with E-state index in [0.29, 0.717) is 0 Å². The highest BCUT2D eigenvalue weighted by molar-refractivity contribution is 7.26. The van der Waals surface area contributed by atoms with Crippen molar-refractivity contribution in [2.75, 3.05) is 0 Å². The molecule has 0 atom stereocenters. The predicted octanol–water partition coefficient (Wildman–Crippen LogP) is 14.1. The number of allylic oxidation sites excluding steroid dienone is 4. The summed E-state index contributed by atoms with van der Waals surface area (Å²) in [6, 6.07) is 54.2. The number of hydrogen-bond acceptors (Lipinski definition) is 1. The van der Waals surface area contributed by atoms with Crippen molar-refractivity contribution in [1.82, 2.24) is 9.13 Å². The Morgan fingerprint density at radius 1 is 0.481 bits per heavy atom. The zero-order valence-corrected chi connectivity index (χ0v) is 29.6. The van der Waals surface area contributed by atoms with Crippen molar-refractivity contribution < 1.29 is 0 Å². The molecule has 10 aromatic rings. The molecule has 0 bridgehead atoms. The van der Waals surface area contributed by atoms with Gasteiger partial charge in [0.2, 0.25) is 0 Å². The first-order chi connectivity index (χ1) is 25.7. The van der Waals surface area contributed by atoms with Crippen LogP contribution in [0.4, 0.5) is 0 Å². The number of thiophene rings is 1. The number of aromatic nitrogens is 2. The number of fused-ring (bicyclic) bond motifs is 9. The zero-order chi connectivity index (χ0) is 34.3. The molecule has 0 radical (unpaired) electrons. The Morgan fingerprint density at radius 2 is 1.15 bits per heavy atom. The molecule has 3 heteroatoms. The van der Waals surface area contributed by atoms with Gasteiger partial charge in [-0.25, -0.2) is 0 Å². The monoisotopic (exact) mass is 682 g/mol. The lowest BCUT2D eigenvalue weighted by Crippen LogP contribution is -1.98. The Kier molecular flexibility index (Phi) is 6.50. The van der Waals surface area contributed by atoms with E-state index in [1.165, 1.54) is 103 Å². The number of rotatable bonds is 4. The molecule has 0 fully saturated rings. The van der Waals surface area contributed by atoms with Crippen LogP contribution >= 0.6 is 11.3 Å². The predicted molar refractivity (Wildman–Crippen MR) is 225 cm³/mol. The lowest BCUT2D eigenvalue weighted by Gasteiger charge is -2.14. The van der Waals surface area contributed by atoms with Gasteiger partial charge in [-0.3, -0.25) is 0 Å². The maximum Gasteiger partial charge on any atom is 0.0547 e. The average molecular weight is 683 g/mol. The van der Waals surface area contributed by atoms with Crippen LogP contribution in [0.25, 0.3) is 97.4 Å². The second-order valence-electron chi connectivity index (χ2n) is 14.1. The van der Waals surface area contributed by atoms with E-state index in [0.717, 1.165) is 12.8 Å². The van der Waals surface area contributed by atoms with Crippen molar-refractivity contribution in [2.24, 2.45) is 0 Å². The van der Waals surface area contributed by atoms with Crippen LogP contribution in [-0.4, -0.2) is 9.13 Å². The Labute approximate surface area is 305 Å². The summed E-state index contributed by atoms with van der Waals surface area (Å²) >= 11 is 1.89. The molecule has 0 saturated heterocycles. The van der Waals surface area contributed by atoms with Crippen LogP contribution in [0, 0.1) is 6.92 Å². The largest absolute Gasteiger partial charge is 0.310 e. The molecular formula is C49H34N2S. The smallest absolute Gasteiger partial charge is 0.0547 e. The average Bonchev–Trinajstić information content (AvgIpc) is 3.85. The number of aryl methyl sites for hydroxylation is 1. The molecule has 3 heterocycles. The van der Waals surface area contributed by atoms with Crippen molar-refractivity contribution in [3.8, 4) is 27.9 Å². The summed E-state index contributed by atoms with van der Waals surface area (Å²) in [4.78, 5) is 0. The van der Waals surface area contributed by atoms with E-state index in [-0.39, 0.29) is 0 Å². The van der Waals surface area contributed by atoms with E-state index >= 15 is 0 Å². The molecule has 11 rings (SSSR count). The topological polar surface area (TPSA) is 9.86 Å². The van der Waals surface area contributed by atoms with Crippen molar-refractivity contribution in [1.29, 1.82) is 0 Å². The third-order valence-corrected chi connectivity index (χ3v) is 12.3. The minimum absolute atomic E-state index is 1.08. The molecule has 246 valence electrons. The van der Waals surface area contributed by atoms with Gasteiger partial charge in [0.25, 0.3) is 0 Å². The zero-order valence-electron chi connectivity index (χ0n) is 28.8. The normalized spacial score (nSPS) is 13.4. The third kappa shape index (κ3) is 4.36. The Morgan fingerprint density at radius 3 is 1.98 bits per heavy atom. The van der Waals surface area contributed by atoms with Gasteiger partial charge in [-0.1, -0.05) is 109 Å². The third-order valence-electron chi connectivity index (χ3n) is 11.1. The lowest BCUT2D eigenvalue weighted by atomic mass is 10.00. The van der Waals surface area contributed by atoms with Gasteiger partial charge in [0.05, 0.1) is 22.1 Å². The van der Waals surface area contributed by atoms with Gasteiger partial charge < -0.3 is 9.13 Å². The van der Waals surface area contributed by atoms with E-state index in [9.17, 15) is 0 Å². The van der Waals surface area contributed by atoms with E-state index < -0.39 is 0 Å². The quantitative estimate of drug-likeness (QED) is 0.175. The van der Waals surface area contributed by atoms with Crippen molar-refractivity contribution in [3.05, 3.63) is 169 Å². The van der Waals surface area contributed by atoms with Gasteiger partial charge in [0.1, 0.15) is 0 Å². The molecule has 0 amide bonds. The molecule has 52 heavy (non-hydrogen) atoms. The highest BCUT2D eigenvalue weighted by Crippen LogP contribution is 2.42. The van der Waals surface area contributed by atoms with E-state index in [1.807, 2.05) is 11.3 Å². The molecule has 2 nitrogen and oxygen atoms in total. The van der Waals surface area contributed by atoms with Crippen molar-refractivity contribution in [2.45, 2.75) is 19.8 Å². The first kappa shape index (κ1) is 29.6. The van der Waals surface area contributed by atoms with E-state index in [2.05, 4.69) is 180 Å². The number of nitrogens with zero attached hydrogens (tertiary/aromatic N) is 2. The highest BCUT2D eigenvalue weighted by Gasteiger charge is 2.18. The second kappa shape index (κ2) is 11.4. The first-order valence-electron chi connectivity index (χ1n) is 18.2. The molecule has 7 aromatic carbocycles. The molecule has 3 aromatic heterocycles. The standard InChI is InChI=1S/C49H34N2S/c1-31-28-32(33-24-27-46-42(29-33)38-15-6-8-19-44(38)50(46)35-12-3-2-4-13-35)23-26-43(31)51-45-20-9-5-14-37(45)39-25-22-34(30-47(39)51)36-17-11-18-41-40-16-7-10-21-48(40)52-49(36)41/h3,5-30H,2,4H2,1H3. The van der Waals surface area contributed by atoms with Gasteiger partial charge in [0.15, 0.2) is 0 Å². The summed E-state index contributed by atoms with van der Waals surface area (Å²) < 4.78 is 7.58. The fraction of sp³-hybridized carbons (Fsp3) is 0.0612. The molecule has 1 aliphatic rings. The number of para-hydroxylation sites is 2. The maximum absolute atomic E-state index is 2.47. The minimum atomic E-state index is 1.08. The van der Waals surface area contributed by atoms with Gasteiger partial charge in [-0.05, 0) is 102 Å². The lowest BCUT2D eigenvalue weighted by molar-refractivity contribution is 1.02. The fourth-order valence-corrected chi connectivity index (χ4v) is 9.89. The van der Waals surface area contributed by atoms with Crippen LogP contribution in [0.1, 0.15) is 18.4 Å². The Bertz CT molecular complexity index is 3140. The van der Waals surface area contributed by atoms with Crippen LogP contribution in [0.2, 0.25) is 0 Å². The van der Waals surface area contributed by atoms with Crippen molar-refractivity contribution >= 4 is 80.8 Å². The first-order valence-corrected chi connectivity index (χ1v) is 19.0. The van der Waals surface area contributed by atoms with E-state index in [4.69, 9.17) is 0 Å². The van der Waals surface area contributed by atoms with Crippen LogP contribution in [0.15, 0.2) is 164 Å². The highest BCUT2D eigenvalue weighted by atomic mass is 32.1. The second-order valence-corrected chi connectivity index (χ2v) is 15.1. The maximum atomic E-state index is 2.47. The molecule has 0 spiro atoms. The van der Waals surface area contributed by atoms with Gasteiger partial charge in [-0.15, -0.1) is 11.3 Å². The molecular weight excluding hydrogens is 649 g/mol. The van der Waals surface area contributed by atoms with Crippen LogP contribution < -0.4 is 0 Å². The SMILES string of the molecule is Cc1cc(-c2ccc3c(c2)c2ccccc2n3C2=CCCC=C2)ccc1-n1c2ccccc2c2ccc(-c3cccc4c3sc3ccccc34)cc21. The summed E-state index contributed by atoms with van der Waals surface area (Å²) in [5.74, 6) is 0. The minimum Gasteiger partial charge on any atom is -0.310 e. The fourth-order valence-electron chi connectivity index (χ4n) is 8.65. The summed E-state index contributed by atoms with van der Waals surface area (Å²) in [6.45, 7) is 2.26. The van der Waals surface area contributed by atoms with E-state index in [1.54, 1.807) is 0 Å². The van der Waals surface area contributed by atoms with Gasteiger partial charge in [0, 0.05) is 53.1 Å². The van der Waals surface area contributed by atoms with Gasteiger partial charge in [-0.2, -0.15) is 0 Å². The van der Waals surface area contributed by atoms with Crippen LogP contribution in [-0.2, 0) is 0 Å². The summed E-state index contributed by atoms with van der Waals surface area (Å²) in [6.07, 6.45) is 9.12. The van der Waals surface area contributed by atoms with Crippen molar-refractivity contribution in [3.63, 3.8) is 0 Å². The molecule has 0 unspecified atom stereocenters. The Balaban J connectivity index is 1.06. The summed E-state index contributed by atoms with van der Waals surface area (Å²) in [5, 5.41) is 7.79. The Hall–Kier alpha value is -6.16. The molecule has 0 saturated carbocycles. The summed E-state index contributed by atoms with van der Waals surface area (Å²) in [7, 11) is 0.